The second-order valence-corrected chi connectivity index (χ2v) is 5.67. The van der Waals surface area contributed by atoms with Gasteiger partial charge in [-0.25, -0.2) is 13.6 Å². The number of nitrogens with two attached hydrogens (primary N) is 1. The maximum absolute atomic E-state index is 11.5. The summed E-state index contributed by atoms with van der Waals surface area (Å²) in [6.07, 6.45) is 1.61. The van der Waals surface area contributed by atoms with Crippen molar-refractivity contribution in [2.75, 3.05) is 5.32 Å². The van der Waals surface area contributed by atoms with Crippen molar-refractivity contribution in [1.29, 1.82) is 0 Å². The number of hydrogen-bond donors (Lipinski definition) is 2. The SMILES string of the molecule is CCC(CC)Nc1ccc([N+](=O)[O-])cc1S(N)(=O)=O. The molecular formula is C11H17N3O4S. The largest absolute Gasteiger partial charge is 0.381 e. The fourth-order valence-corrected chi connectivity index (χ4v) is 2.41. The van der Waals surface area contributed by atoms with Crippen molar-refractivity contribution in [2.45, 2.75) is 37.6 Å². The first-order valence-electron chi connectivity index (χ1n) is 5.87. The van der Waals surface area contributed by atoms with Crippen LogP contribution >= 0.6 is 0 Å². The predicted molar refractivity (Wildman–Crippen MR) is 72.5 cm³/mol. The number of sulfonamides is 1. The molecule has 0 bridgehead atoms. The molecule has 0 atom stereocenters. The lowest BCUT2D eigenvalue weighted by atomic mass is 10.1. The second-order valence-electron chi connectivity index (χ2n) is 4.14. The molecule has 1 aromatic carbocycles. The Morgan fingerprint density at radius 2 is 1.95 bits per heavy atom. The van der Waals surface area contributed by atoms with Gasteiger partial charge in [0.25, 0.3) is 5.69 Å². The van der Waals surface area contributed by atoms with Crippen LogP contribution in [0.2, 0.25) is 0 Å². The van der Waals surface area contributed by atoms with Crippen molar-refractivity contribution in [1.82, 2.24) is 0 Å². The lowest BCUT2D eigenvalue weighted by Crippen LogP contribution is -2.21. The van der Waals surface area contributed by atoms with E-state index in [4.69, 9.17) is 5.14 Å². The Morgan fingerprint density at radius 1 is 1.37 bits per heavy atom. The fraction of sp³-hybridized carbons (Fsp3) is 0.455. The van der Waals surface area contributed by atoms with Crippen LogP contribution in [0.25, 0.3) is 0 Å². The van der Waals surface area contributed by atoms with E-state index in [1.54, 1.807) is 0 Å². The second kappa shape index (κ2) is 5.98. The number of nitrogens with one attached hydrogen (secondary N) is 1. The Labute approximate surface area is 112 Å². The molecule has 8 heteroatoms. The van der Waals surface area contributed by atoms with Crippen molar-refractivity contribution in [3.05, 3.63) is 28.3 Å². The maximum Gasteiger partial charge on any atom is 0.270 e. The summed E-state index contributed by atoms with van der Waals surface area (Å²) in [5, 5.41) is 18.8. The highest BCUT2D eigenvalue weighted by molar-refractivity contribution is 7.89. The number of non-ortho nitro benzene ring substituents is 1. The third-order valence-corrected chi connectivity index (χ3v) is 3.78. The first kappa shape index (κ1) is 15.4. The molecule has 0 spiro atoms. The van der Waals surface area contributed by atoms with Gasteiger partial charge in [-0.05, 0) is 18.9 Å². The van der Waals surface area contributed by atoms with E-state index in [-0.39, 0.29) is 16.6 Å². The Bertz CT molecular complexity index is 567. The van der Waals surface area contributed by atoms with E-state index in [9.17, 15) is 18.5 Å². The molecule has 3 N–H and O–H groups in total. The summed E-state index contributed by atoms with van der Waals surface area (Å²) in [6.45, 7) is 3.92. The van der Waals surface area contributed by atoms with Crippen LogP contribution in [0.4, 0.5) is 11.4 Å². The zero-order chi connectivity index (χ0) is 14.6. The summed E-state index contributed by atoms with van der Waals surface area (Å²) in [6, 6.07) is 3.68. The zero-order valence-electron chi connectivity index (χ0n) is 10.8. The molecule has 0 saturated heterocycles. The number of nitrogens with zero attached hydrogens (tertiary/aromatic N) is 1. The molecule has 0 aromatic heterocycles. The molecule has 0 heterocycles. The molecule has 1 rings (SSSR count). The van der Waals surface area contributed by atoms with Gasteiger partial charge in [-0.1, -0.05) is 13.8 Å². The van der Waals surface area contributed by atoms with Gasteiger partial charge in [0.15, 0.2) is 0 Å². The van der Waals surface area contributed by atoms with E-state index >= 15 is 0 Å². The van der Waals surface area contributed by atoms with Crippen LogP contribution in [0, 0.1) is 10.1 Å². The van der Waals surface area contributed by atoms with Crippen LogP contribution in [-0.2, 0) is 10.0 Å². The van der Waals surface area contributed by atoms with Crippen molar-refractivity contribution < 1.29 is 13.3 Å². The van der Waals surface area contributed by atoms with Crippen molar-refractivity contribution in [2.24, 2.45) is 5.14 Å². The predicted octanol–water partition coefficient (Wildman–Crippen LogP) is 1.84. The van der Waals surface area contributed by atoms with Gasteiger partial charge in [-0.2, -0.15) is 0 Å². The van der Waals surface area contributed by atoms with Crippen molar-refractivity contribution in [3.8, 4) is 0 Å². The number of nitro groups is 1. The molecule has 1 aromatic rings. The first-order chi connectivity index (χ1) is 8.79. The summed E-state index contributed by atoms with van der Waals surface area (Å²) >= 11 is 0. The fourth-order valence-electron chi connectivity index (χ4n) is 1.69. The lowest BCUT2D eigenvalue weighted by molar-refractivity contribution is -0.385. The smallest absolute Gasteiger partial charge is 0.270 e. The van der Waals surface area contributed by atoms with E-state index in [2.05, 4.69) is 5.32 Å². The third-order valence-electron chi connectivity index (χ3n) is 2.83. The minimum Gasteiger partial charge on any atom is -0.381 e. The van der Waals surface area contributed by atoms with Crippen LogP contribution in [0.3, 0.4) is 0 Å². The van der Waals surface area contributed by atoms with Crippen molar-refractivity contribution in [3.63, 3.8) is 0 Å². The highest BCUT2D eigenvalue weighted by Crippen LogP contribution is 2.26. The van der Waals surface area contributed by atoms with Gasteiger partial charge in [0.05, 0.1) is 10.6 Å². The van der Waals surface area contributed by atoms with E-state index in [0.29, 0.717) is 5.69 Å². The summed E-state index contributed by atoms with van der Waals surface area (Å²) in [7, 11) is -4.02. The lowest BCUT2D eigenvalue weighted by Gasteiger charge is -2.18. The van der Waals surface area contributed by atoms with Gasteiger partial charge in [0.1, 0.15) is 4.90 Å². The molecule has 0 amide bonds. The zero-order valence-corrected chi connectivity index (χ0v) is 11.6. The van der Waals surface area contributed by atoms with Crippen LogP contribution in [0.1, 0.15) is 26.7 Å². The Balaban J connectivity index is 3.28. The van der Waals surface area contributed by atoms with Crippen LogP contribution in [0.15, 0.2) is 23.1 Å². The van der Waals surface area contributed by atoms with E-state index in [1.807, 2.05) is 13.8 Å². The summed E-state index contributed by atoms with van der Waals surface area (Å²) < 4.78 is 23.0. The molecule has 0 aliphatic rings. The normalized spacial score (nSPS) is 11.6. The van der Waals surface area contributed by atoms with E-state index < -0.39 is 14.9 Å². The number of anilines is 1. The van der Waals surface area contributed by atoms with Gasteiger partial charge in [-0.15, -0.1) is 0 Å². The number of hydrogen-bond acceptors (Lipinski definition) is 5. The summed E-state index contributed by atoms with van der Waals surface area (Å²) in [4.78, 5) is 9.76. The summed E-state index contributed by atoms with van der Waals surface area (Å²) in [5.74, 6) is 0. The highest BCUT2D eigenvalue weighted by Gasteiger charge is 2.20. The molecule has 0 radical (unpaired) electrons. The molecule has 19 heavy (non-hydrogen) atoms. The average molecular weight is 287 g/mol. The van der Waals surface area contributed by atoms with Gasteiger partial charge in [0, 0.05) is 18.2 Å². The molecule has 0 aliphatic carbocycles. The topological polar surface area (TPSA) is 115 Å². The molecule has 106 valence electrons. The minimum absolute atomic E-state index is 0.0851. The molecular weight excluding hydrogens is 270 g/mol. The van der Waals surface area contributed by atoms with E-state index in [0.717, 1.165) is 18.9 Å². The number of nitro benzene ring substituents is 1. The third kappa shape index (κ3) is 3.90. The molecule has 0 saturated carbocycles. The average Bonchev–Trinajstić information content (AvgIpc) is 2.34. The monoisotopic (exact) mass is 287 g/mol. The van der Waals surface area contributed by atoms with Crippen LogP contribution in [0.5, 0.6) is 0 Å². The van der Waals surface area contributed by atoms with Gasteiger partial charge < -0.3 is 5.32 Å². The van der Waals surface area contributed by atoms with Crippen LogP contribution in [-0.4, -0.2) is 19.4 Å². The Kier molecular flexibility index (Phi) is 4.84. The van der Waals surface area contributed by atoms with E-state index in [1.165, 1.54) is 12.1 Å². The molecule has 0 unspecified atom stereocenters. The Morgan fingerprint density at radius 3 is 2.37 bits per heavy atom. The standard InChI is InChI=1S/C11H17N3O4S/c1-3-8(4-2)13-10-6-5-9(14(15)16)7-11(10)19(12,17)18/h5-8,13H,3-4H2,1-2H3,(H2,12,17,18). The molecule has 0 aliphatic heterocycles. The van der Waals surface area contributed by atoms with Gasteiger partial charge in [-0.3, -0.25) is 10.1 Å². The maximum atomic E-state index is 11.5. The minimum atomic E-state index is -4.02. The van der Waals surface area contributed by atoms with Crippen LogP contribution < -0.4 is 10.5 Å². The number of rotatable bonds is 6. The van der Waals surface area contributed by atoms with Gasteiger partial charge in [0.2, 0.25) is 10.0 Å². The molecule has 0 fully saturated rings. The first-order valence-corrected chi connectivity index (χ1v) is 7.42. The van der Waals surface area contributed by atoms with Crippen molar-refractivity contribution >= 4 is 21.4 Å². The number of primary sulfonamides is 1. The summed E-state index contributed by atoms with van der Waals surface area (Å²) in [5.41, 5.74) is -0.0130. The van der Waals surface area contributed by atoms with Gasteiger partial charge >= 0.3 is 0 Å². The molecule has 7 nitrogen and oxygen atoms in total. The number of benzene rings is 1. The Hall–Kier alpha value is -1.67. The quantitative estimate of drug-likeness (QED) is 0.611. The highest BCUT2D eigenvalue weighted by atomic mass is 32.2.